The summed E-state index contributed by atoms with van der Waals surface area (Å²) in [5.74, 6) is -0.263. The number of hydrogen-bond donors (Lipinski definition) is 0. The van der Waals surface area contributed by atoms with Crippen molar-refractivity contribution in [1.82, 2.24) is 0 Å². The van der Waals surface area contributed by atoms with Gasteiger partial charge in [-0.05, 0) is 40.5 Å². The average molecular weight is 356 g/mol. The fraction of sp³-hybridized carbons (Fsp3) is 0.300. The van der Waals surface area contributed by atoms with Gasteiger partial charge in [0.25, 0.3) is 0 Å². The van der Waals surface area contributed by atoms with E-state index in [4.69, 9.17) is 16.3 Å². The largest absolute Gasteiger partial charge is 0.466 e. The summed E-state index contributed by atoms with van der Waals surface area (Å²) in [6.07, 6.45) is 0.204. The van der Waals surface area contributed by atoms with E-state index < -0.39 is 0 Å². The van der Waals surface area contributed by atoms with Crippen molar-refractivity contribution in [2.24, 2.45) is 0 Å². The van der Waals surface area contributed by atoms with Crippen LogP contribution in [0.15, 0.2) is 21.1 Å². The molecule has 0 unspecified atom stereocenters. The summed E-state index contributed by atoms with van der Waals surface area (Å²) in [4.78, 5) is 11.3. The first-order valence-corrected chi connectivity index (χ1v) is 6.30. The molecule has 1 rings (SSSR count). The molecular weight excluding hydrogens is 347 g/mol. The monoisotopic (exact) mass is 354 g/mol. The number of esters is 1. The molecule has 0 aromatic heterocycles. The zero-order chi connectivity index (χ0) is 11.4. The van der Waals surface area contributed by atoms with Crippen LogP contribution in [0.2, 0.25) is 5.02 Å². The third-order valence-corrected chi connectivity index (χ3v) is 3.96. The Labute approximate surface area is 110 Å². The lowest BCUT2D eigenvalue weighted by atomic mass is 10.1. The van der Waals surface area contributed by atoms with Crippen molar-refractivity contribution in [2.75, 3.05) is 6.61 Å². The van der Waals surface area contributed by atoms with Crippen molar-refractivity contribution >= 4 is 49.4 Å². The Kier molecular flexibility index (Phi) is 5.09. The summed E-state index contributed by atoms with van der Waals surface area (Å²) in [5, 5.41) is 0.581. The molecule has 0 saturated carbocycles. The first-order valence-electron chi connectivity index (χ1n) is 4.34. The lowest BCUT2D eigenvalue weighted by Gasteiger charge is -2.08. The molecule has 15 heavy (non-hydrogen) atoms. The summed E-state index contributed by atoms with van der Waals surface area (Å²) in [6, 6.07) is 3.56. The van der Waals surface area contributed by atoms with Crippen LogP contribution in [0.5, 0.6) is 0 Å². The van der Waals surface area contributed by atoms with Crippen LogP contribution in [0.4, 0.5) is 0 Å². The van der Waals surface area contributed by atoms with Gasteiger partial charge in [0.05, 0.1) is 18.1 Å². The first kappa shape index (κ1) is 13.0. The summed E-state index contributed by atoms with van der Waals surface area (Å²) >= 11 is 12.6. The Hall–Kier alpha value is -0.0600. The van der Waals surface area contributed by atoms with Gasteiger partial charge < -0.3 is 4.74 Å². The molecule has 0 atom stereocenters. The molecule has 2 nitrogen and oxygen atoms in total. The van der Waals surface area contributed by atoms with E-state index in [0.29, 0.717) is 11.6 Å². The fourth-order valence-corrected chi connectivity index (χ4v) is 2.49. The first-order chi connectivity index (χ1) is 7.06. The van der Waals surface area contributed by atoms with Gasteiger partial charge in [0.1, 0.15) is 0 Å². The summed E-state index contributed by atoms with van der Waals surface area (Å²) in [6.45, 7) is 2.16. The minimum absolute atomic E-state index is 0.204. The van der Waals surface area contributed by atoms with Gasteiger partial charge in [0, 0.05) is 8.95 Å². The number of hydrogen-bond acceptors (Lipinski definition) is 2. The average Bonchev–Trinajstić information content (AvgIpc) is 2.19. The zero-order valence-electron chi connectivity index (χ0n) is 8.02. The van der Waals surface area contributed by atoms with Crippen LogP contribution < -0.4 is 0 Å². The van der Waals surface area contributed by atoms with Crippen molar-refractivity contribution in [3.63, 3.8) is 0 Å². The van der Waals surface area contributed by atoms with E-state index >= 15 is 0 Å². The molecule has 0 aliphatic heterocycles. The van der Waals surface area contributed by atoms with Gasteiger partial charge >= 0.3 is 5.97 Å². The molecule has 0 bridgehead atoms. The quantitative estimate of drug-likeness (QED) is 0.605. The van der Waals surface area contributed by atoms with Crippen molar-refractivity contribution in [3.8, 4) is 0 Å². The minimum Gasteiger partial charge on any atom is -0.466 e. The van der Waals surface area contributed by atoms with Crippen molar-refractivity contribution in [3.05, 3.63) is 31.7 Å². The van der Waals surface area contributed by atoms with Gasteiger partial charge in [-0.2, -0.15) is 0 Å². The third kappa shape index (κ3) is 3.47. The standard InChI is InChI=1S/C10H9Br2ClO2/c1-2-15-9(14)5-6-7(11)3-4-8(13)10(6)12/h3-4H,2,5H2,1H3. The molecule has 5 heteroatoms. The Morgan fingerprint density at radius 3 is 2.73 bits per heavy atom. The maximum Gasteiger partial charge on any atom is 0.310 e. The van der Waals surface area contributed by atoms with Crippen LogP contribution in [0.3, 0.4) is 0 Å². The molecule has 82 valence electrons. The van der Waals surface area contributed by atoms with E-state index in [2.05, 4.69) is 31.9 Å². The normalized spacial score (nSPS) is 10.1. The highest BCUT2D eigenvalue weighted by atomic mass is 79.9. The molecule has 0 saturated heterocycles. The van der Waals surface area contributed by atoms with E-state index in [-0.39, 0.29) is 12.4 Å². The van der Waals surface area contributed by atoms with Crippen LogP contribution in [-0.4, -0.2) is 12.6 Å². The fourth-order valence-electron chi connectivity index (χ4n) is 1.09. The van der Waals surface area contributed by atoms with Crippen LogP contribution in [0.1, 0.15) is 12.5 Å². The minimum atomic E-state index is -0.263. The maximum absolute atomic E-state index is 11.3. The molecule has 0 radical (unpaired) electrons. The van der Waals surface area contributed by atoms with Crippen LogP contribution in [0, 0.1) is 0 Å². The lowest BCUT2D eigenvalue weighted by molar-refractivity contribution is -0.142. The van der Waals surface area contributed by atoms with E-state index in [0.717, 1.165) is 14.5 Å². The number of carbonyl (C=O) groups excluding carboxylic acids is 1. The predicted molar refractivity (Wildman–Crippen MR) is 67.2 cm³/mol. The highest BCUT2D eigenvalue weighted by molar-refractivity contribution is 9.11. The number of halogens is 3. The zero-order valence-corrected chi connectivity index (χ0v) is 11.9. The molecule has 1 aromatic carbocycles. The smallest absolute Gasteiger partial charge is 0.310 e. The van der Waals surface area contributed by atoms with Crippen molar-refractivity contribution < 1.29 is 9.53 Å². The van der Waals surface area contributed by atoms with E-state index in [1.165, 1.54) is 0 Å². The second-order valence-electron chi connectivity index (χ2n) is 2.80. The van der Waals surface area contributed by atoms with Crippen LogP contribution >= 0.6 is 43.5 Å². The lowest BCUT2D eigenvalue weighted by Crippen LogP contribution is -2.08. The van der Waals surface area contributed by atoms with Gasteiger partial charge in [-0.15, -0.1) is 0 Å². The Bertz CT molecular complexity index is 380. The number of benzene rings is 1. The van der Waals surface area contributed by atoms with Gasteiger partial charge in [0.2, 0.25) is 0 Å². The molecule has 0 N–H and O–H groups in total. The molecule has 0 aliphatic rings. The number of rotatable bonds is 3. The molecule has 0 amide bonds. The van der Waals surface area contributed by atoms with E-state index in [1.54, 1.807) is 13.0 Å². The SMILES string of the molecule is CCOC(=O)Cc1c(Br)ccc(Cl)c1Br. The summed E-state index contributed by atoms with van der Waals surface area (Å²) < 4.78 is 6.44. The third-order valence-electron chi connectivity index (χ3n) is 1.77. The van der Waals surface area contributed by atoms with Crippen molar-refractivity contribution in [2.45, 2.75) is 13.3 Å². The highest BCUT2D eigenvalue weighted by Crippen LogP contribution is 2.32. The van der Waals surface area contributed by atoms with E-state index in [1.807, 2.05) is 6.07 Å². The molecular formula is C10H9Br2ClO2. The topological polar surface area (TPSA) is 26.3 Å². The molecule has 0 fully saturated rings. The van der Waals surface area contributed by atoms with Crippen LogP contribution in [0.25, 0.3) is 0 Å². The van der Waals surface area contributed by atoms with Gasteiger partial charge in [-0.3, -0.25) is 4.79 Å². The predicted octanol–water partition coefficient (Wildman–Crippen LogP) is 3.97. The summed E-state index contributed by atoms with van der Waals surface area (Å²) in [5.41, 5.74) is 0.806. The number of carbonyl (C=O) groups is 1. The second kappa shape index (κ2) is 5.87. The Morgan fingerprint density at radius 1 is 1.47 bits per heavy atom. The molecule has 1 aromatic rings. The second-order valence-corrected chi connectivity index (χ2v) is 4.86. The highest BCUT2D eigenvalue weighted by Gasteiger charge is 2.13. The van der Waals surface area contributed by atoms with Crippen molar-refractivity contribution in [1.29, 1.82) is 0 Å². The molecule has 0 spiro atoms. The van der Waals surface area contributed by atoms with E-state index in [9.17, 15) is 4.79 Å². The van der Waals surface area contributed by atoms with Gasteiger partial charge in [-0.25, -0.2) is 0 Å². The molecule has 0 heterocycles. The number of ether oxygens (including phenoxy) is 1. The van der Waals surface area contributed by atoms with Gasteiger partial charge in [0.15, 0.2) is 0 Å². The Morgan fingerprint density at radius 2 is 2.13 bits per heavy atom. The summed E-state index contributed by atoms with van der Waals surface area (Å²) in [7, 11) is 0. The Balaban J connectivity index is 2.93. The van der Waals surface area contributed by atoms with Gasteiger partial charge in [-0.1, -0.05) is 27.5 Å². The molecule has 0 aliphatic carbocycles. The van der Waals surface area contributed by atoms with Crippen LogP contribution in [-0.2, 0) is 16.0 Å². The maximum atomic E-state index is 11.3.